The minimum atomic E-state index is -1.00. The Balaban J connectivity index is 2.02. The van der Waals surface area contributed by atoms with Crippen molar-refractivity contribution < 1.29 is 19.5 Å². The molecule has 2 aromatic heterocycles. The minimum absolute atomic E-state index is 0.365. The third-order valence-corrected chi connectivity index (χ3v) is 4.23. The fourth-order valence-corrected chi connectivity index (χ4v) is 3.22. The van der Waals surface area contributed by atoms with Crippen LogP contribution in [0.15, 0.2) is 16.7 Å². The molecule has 1 unspecified atom stereocenters. The smallest absolute Gasteiger partial charge is 0.153 e. The number of aryl methyl sites for hydroxylation is 2. The van der Waals surface area contributed by atoms with Crippen molar-refractivity contribution in [1.82, 2.24) is 14.7 Å². The van der Waals surface area contributed by atoms with Crippen molar-refractivity contribution >= 4 is 11.0 Å². The van der Waals surface area contributed by atoms with Crippen LogP contribution in [0.25, 0.3) is 22.2 Å². The van der Waals surface area contributed by atoms with E-state index in [9.17, 15) is 10.2 Å². The summed E-state index contributed by atoms with van der Waals surface area (Å²) in [5, 5.41) is 23.3. The summed E-state index contributed by atoms with van der Waals surface area (Å²) in [4.78, 5) is 4.46. The summed E-state index contributed by atoms with van der Waals surface area (Å²) in [6.07, 6.45) is -1.00. The van der Waals surface area contributed by atoms with Crippen LogP contribution >= 0.6 is 0 Å². The van der Waals surface area contributed by atoms with Gasteiger partial charge in [-0.25, -0.2) is 4.98 Å². The normalized spacial score (nSPS) is 15.0. The van der Waals surface area contributed by atoms with Gasteiger partial charge in [0.05, 0.1) is 29.9 Å². The lowest BCUT2D eigenvalue weighted by Crippen LogP contribution is -2.19. The second-order valence-corrected chi connectivity index (χ2v) is 5.68. The summed E-state index contributed by atoms with van der Waals surface area (Å²) >= 11 is 0. The van der Waals surface area contributed by atoms with Crippen molar-refractivity contribution in [3.63, 3.8) is 0 Å². The first kappa shape index (κ1) is 14.2. The van der Waals surface area contributed by atoms with Gasteiger partial charge in [-0.05, 0) is 26.0 Å². The third kappa shape index (κ3) is 1.97. The van der Waals surface area contributed by atoms with Crippen LogP contribution in [-0.2, 0) is 6.54 Å². The molecule has 0 bridgehead atoms. The number of ether oxygens (including phenoxy) is 1. The molecular formula is C16H17N3O4. The topological polar surface area (TPSA) is 93.5 Å². The van der Waals surface area contributed by atoms with Crippen LogP contribution in [0.4, 0.5) is 0 Å². The highest BCUT2D eigenvalue weighted by molar-refractivity contribution is 5.92. The first-order valence-electron chi connectivity index (χ1n) is 7.50. The van der Waals surface area contributed by atoms with Crippen LogP contribution in [-0.4, -0.2) is 38.1 Å². The van der Waals surface area contributed by atoms with Gasteiger partial charge in [-0.2, -0.15) is 0 Å². The van der Waals surface area contributed by atoms with Crippen LogP contribution in [0.5, 0.6) is 5.75 Å². The molecule has 0 radical (unpaired) electrons. The van der Waals surface area contributed by atoms with Crippen LogP contribution in [0.2, 0.25) is 0 Å². The average molecular weight is 315 g/mol. The molecule has 23 heavy (non-hydrogen) atoms. The van der Waals surface area contributed by atoms with Gasteiger partial charge in [-0.1, -0.05) is 5.16 Å². The van der Waals surface area contributed by atoms with E-state index < -0.39 is 6.10 Å². The number of aliphatic hydroxyl groups is 2. The Hall–Kier alpha value is -2.38. The van der Waals surface area contributed by atoms with Crippen LogP contribution < -0.4 is 4.74 Å². The van der Waals surface area contributed by atoms with Crippen molar-refractivity contribution in [2.45, 2.75) is 26.5 Å². The highest BCUT2D eigenvalue weighted by Crippen LogP contribution is 2.42. The lowest BCUT2D eigenvalue weighted by Gasteiger charge is -2.21. The van der Waals surface area contributed by atoms with Gasteiger partial charge >= 0.3 is 0 Å². The largest absolute Gasteiger partial charge is 0.489 e. The summed E-state index contributed by atoms with van der Waals surface area (Å²) < 4.78 is 13.1. The van der Waals surface area contributed by atoms with Gasteiger partial charge in [0, 0.05) is 5.56 Å². The molecule has 7 nitrogen and oxygen atoms in total. The number of hydrogen-bond acceptors (Lipinski definition) is 6. The van der Waals surface area contributed by atoms with Crippen molar-refractivity contribution in [2.75, 3.05) is 13.2 Å². The molecule has 3 heterocycles. The molecule has 0 spiro atoms. The van der Waals surface area contributed by atoms with E-state index in [1.165, 1.54) is 0 Å². The standard InChI is InChI=1S/C16H17N3O4/c1-8-13(9(2)23-18-8)10-3-4-11-14-15(10)22-6-5-19(14)16(17-11)12(21)7-20/h3-4,12,20-21H,5-7H2,1-2H3. The molecule has 1 aliphatic rings. The fraction of sp³-hybridized carbons (Fsp3) is 0.375. The SMILES string of the molecule is Cc1noc(C)c1-c1ccc2nc(C(O)CO)n3c2c1OCC3. The summed E-state index contributed by atoms with van der Waals surface area (Å²) in [5.41, 5.74) is 4.18. The van der Waals surface area contributed by atoms with Gasteiger partial charge in [0.2, 0.25) is 0 Å². The Bertz CT molecular complexity index is 877. The summed E-state index contributed by atoms with van der Waals surface area (Å²) in [6, 6.07) is 3.82. The van der Waals surface area contributed by atoms with Crippen molar-refractivity contribution in [3.8, 4) is 16.9 Å². The zero-order valence-corrected chi connectivity index (χ0v) is 12.9. The van der Waals surface area contributed by atoms with Gasteiger partial charge in [-0.3, -0.25) is 0 Å². The van der Waals surface area contributed by atoms with E-state index in [1.807, 2.05) is 30.5 Å². The molecule has 2 N–H and O–H groups in total. The van der Waals surface area contributed by atoms with Gasteiger partial charge < -0.3 is 24.0 Å². The fourth-order valence-electron chi connectivity index (χ4n) is 3.22. The van der Waals surface area contributed by atoms with Gasteiger partial charge in [0.25, 0.3) is 0 Å². The number of benzene rings is 1. The Morgan fingerprint density at radius 3 is 2.87 bits per heavy atom. The number of aromatic nitrogens is 3. The first-order chi connectivity index (χ1) is 11.1. The Labute approximate surface area is 132 Å². The second-order valence-electron chi connectivity index (χ2n) is 5.68. The number of imidazole rings is 1. The van der Waals surface area contributed by atoms with Crippen LogP contribution in [0, 0.1) is 13.8 Å². The molecule has 7 heteroatoms. The molecule has 1 aliphatic heterocycles. The van der Waals surface area contributed by atoms with E-state index in [4.69, 9.17) is 9.26 Å². The van der Waals surface area contributed by atoms with E-state index in [-0.39, 0.29) is 6.61 Å². The van der Waals surface area contributed by atoms with Gasteiger partial charge in [0.1, 0.15) is 29.8 Å². The molecule has 120 valence electrons. The van der Waals surface area contributed by atoms with Crippen LogP contribution in [0.1, 0.15) is 23.4 Å². The maximum atomic E-state index is 10.00. The Morgan fingerprint density at radius 1 is 1.35 bits per heavy atom. The van der Waals surface area contributed by atoms with Crippen molar-refractivity contribution in [2.24, 2.45) is 0 Å². The van der Waals surface area contributed by atoms with Gasteiger partial charge in [-0.15, -0.1) is 0 Å². The summed E-state index contributed by atoms with van der Waals surface area (Å²) in [5.74, 6) is 1.91. The molecule has 0 saturated carbocycles. The monoisotopic (exact) mass is 315 g/mol. The zero-order chi connectivity index (χ0) is 16.1. The van der Waals surface area contributed by atoms with E-state index in [0.29, 0.717) is 24.7 Å². The lowest BCUT2D eigenvalue weighted by molar-refractivity contribution is 0.0848. The molecule has 4 rings (SSSR count). The predicted octanol–water partition coefficient (Wildman–Crippen LogP) is 1.73. The zero-order valence-electron chi connectivity index (χ0n) is 12.9. The molecule has 1 atom stereocenters. The Morgan fingerprint density at radius 2 is 2.17 bits per heavy atom. The number of nitrogens with zero attached hydrogens (tertiary/aromatic N) is 3. The van der Waals surface area contributed by atoms with E-state index in [0.717, 1.165) is 33.6 Å². The highest BCUT2D eigenvalue weighted by atomic mass is 16.5. The number of hydrogen-bond donors (Lipinski definition) is 2. The Kier molecular flexibility index (Phi) is 3.14. The summed E-state index contributed by atoms with van der Waals surface area (Å²) in [6.45, 7) is 4.46. The second kappa shape index (κ2) is 5.07. The average Bonchev–Trinajstić information content (AvgIpc) is 3.10. The predicted molar refractivity (Wildman–Crippen MR) is 82.2 cm³/mol. The van der Waals surface area contributed by atoms with E-state index >= 15 is 0 Å². The minimum Gasteiger partial charge on any atom is -0.489 e. The first-order valence-corrected chi connectivity index (χ1v) is 7.50. The molecule has 0 amide bonds. The molecule has 1 aromatic carbocycles. The van der Waals surface area contributed by atoms with E-state index in [2.05, 4.69) is 10.1 Å². The molecule has 3 aromatic rings. The quantitative estimate of drug-likeness (QED) is 0.764. The highest BCUT2D eigenvalue weighted by Gasteiger charge is 2.27. The lowest BCUT2D eigenvalue weighted by atomic mass is 10.0. The number of aliphatic hydroxyl groups excluding tert-OH is 2. The van der Waals surface area contributed by atoms with Crippen LogP contribution in [0.3, 0.4) is 0 Å². The van der Waals surface area contributed by atoms with Crippen molar-refractivity contribution in [1.29, 1.82) is 0 Å². The maximum Gasteiger partial charge on any atom is 0.153 e. The van der Waals surface area contributed by atoms with E-state index in [1.54, 1.807) is 0 Å². The summed E-state index contributed by atoms with van der Waals surface area (Å²) in [7, 11) is 0. The molecule has 0 saturated heterocycles. The maximum absolute atomic E-state index is 10.00. The molecular weight excluding hydrogens is 298 g/mol. The van der Waals surface area contributed by atoms with Crippen molar-refractivity contribution in [3.05, 3.63) is 29.4 Å². The molecule has 0 fully saturated rings. The van der Waals surface area contributed by atoms with Gasteiger partial charge in [0.15, 0.2) is 5.75 Å². The third-order valence-electron chi connectivity index (χ3n) is 4.23. The number of rotatable bonds is 3. The molecule has 0 aliphatic carbocycles.